The number of nitrogens with zero attached hydrogens (tertiary/aromatic N) is 4. The lowest BCUT2D eigenvalue weighted by Gasteiger charge is -2.20. The van der Waals surface area contributed by atoms with E-state index in [4.69, 9.17) is 4.98 Å². The summed E-state index contributed by atoms with van der Waals surface area (Å²) in [5, 5.41) is 0. The van der Waals surface area contributed by atoms with E-state index in [2.05, 4.69) is 46.7 Å². The lowest BCUT2D eigenvalue weighted by molar-refractivity contribution is -0.480. The zero-order chi connectivity index (χ0) is 15.8. The number of hydrogen-bond donors (Lipinski definition) is 0. The molecule has 0 saturated carbocycles. The first-order valence-electron chi connectivity index (χ1n) is 8.28. The van der Waals surface area contributed by atoms with E-state index < -0.39 is 0 Å². The summed E-state index contributed by atoms with van der Waals surface area (Å²) >= 11 is 0. The van der Waals surface area contributed by atoms with Crippen molar-refractivity contribution in [3.05, 3.63) is 47.4 Å². The van der Waals surface area contributed by atoms with Crippen molar-refractivity contribution < 1.29 is 4.58 Å². The minimum absolute atomic E-state index is 0.367. The maximum atomic E-state index is 4.72. The van der Waals surface area contributed by atoms with Crippen LogP contribution < -0.4 is 0 Å². The van der Waals surface area contributed by atoms with E-state index in [0.29, 0.717) is 12.0 Å². The number of pyridine rings is 2. The Labute approximate surface area is 136 Å². The van der Waals surface area contributed by atoms with Gasteiger partial charge >= 0.3 is 5.82 Å². The molecular formula is C19H21N4+. The average molecular weight is 305 g/mol. The van der Waals surface area contributed by atoms with Crippen LogP contribution in [0.2, 0.25) is 0 Å². The molecule has 0 aliphatic carbocycles. The van der Waals surface area contributed by atoms with Crippen LogP contribution >= 0.6 is 0 Å². The second-order valence-electron chi connectivity index (χ2n) is 6.69. The lowest BCUT2D eigenvalue weighted by Crippen LogP contribution is -2.28. The number of aromatic nitrogens is 2. The van der Waals surface area contributed by atoms with Gasteiger partial charge in [-0.05, 0) is 42.3 Å². The van der Waals surface area contributed by atoms with Crippen LogP contribution in [0.25, 0.3) is 0 Å². The van der Waals surface area contributed by atoms with Gasteiger partial charge in [0.2, 0.25) is 0 Å². The Morgan fingerprint density at radius 1 is 1.13 bits per heavy atom. The Balaban J connectivity index is 1.77. The molecule has 0 saturated heterocycles. The zero-order valence-corrected chi connectivity index (χ0v) is 13.6. The van der Waals surface area contributed by atoms with Crippen molar-refractivity contribution in [1.29, 1.82) is 0 Å². The fraction of sp³-hybridized carbons (Fsp3) is 0.368. The van der Waals surface area contributed by atoms with Gasteiger partial charge in [0.15, 0.2) is 0 Å². The van der Waals surface area contributed by atoms with Crippen LogP contribution in [0.15, 0.2) is 35.7 Å². The van der Waals surface area contributed by atoms with Gasteiger partial charge in [0.25, 0.3) is 0 Å². The third-order valence-corrected chi connectivity index (χ3v) is 4.73. The molecule has 0 spiro atoms. The van der Waals surface area contributed by atoms with E-state index in [9.17, 15) is 0 Å². The Hall–Kier alpha value is -2.36. The minimum atomic E-state index is 0.367. The third kappa shape index (κ3) is 2.69. The van der Waals surface area contributed by atoms with E-state index >= 15 is 0 Å². The lowest BCUT2D eigenvalue weighted by atomic mass is 9.99. The Morgan fingerprint density at radius 2 is 2.04 bits per heavy atom. The van der Waals surface area contributed by atoms with E-state index in [1.165, 1.54) is 16.7 Å². The van der Waals surface area contributed by atoms with Crippen LogP contribution in [0.1, 0.15) is 37.0 Å². The number of hydrogen-bond acceptors (Lipinski definition) is 3. The van der Waals surface area contributed by atoms with Crippen molar-refractivity contribution in [2.24, 2.45) is 10.9 Å². The largest absolute Gasteiger partial charge is 0.325 e. The van der Waals surface area contributed by atoms with Crippen molar-refractivity contribution in [2.75, 3.05) is 0 Å². The summed E-state index contributed by atoms with van der Waals surface area (Å²) in [7, 11) is 0. The highest BCUT2D eigenvalue weighted by Gasteiger charge is 2.25. The molecule has 116 valence electrons. The van der Waals surface area contributed by atoms with Gasteiger partial charge in [0.05, 0.1) is 18.0 Å². The standard InChI is InChI=1S/C19H21N4/c1-13-3-6-21-18-9-19(22-11-17(18)7-13)23-12-15-4-5-20-10-16(15)8-14(23)2/h4-6,9-14H,3,7-8H2,1-2H3/q+1. The minimum Gasteiger partial charge on any atom is -0.264 e. The first kappa shape index (κ1) is 14.2. The molecule has 0 amide bonds. The van der Waals surface area contributed by atoms with Crippen LogP contribution in [-0.2, 0) is 12.8 Å². The summed E-state index contributed by atoms with van der Waals surface area (Å²) in [6, 6.07) is 4.56. The molecule has 4 nitrogen and oxygen atoms in total. The monoisotopic (exact) mass is 305 g/mol. The van der Waals surface area contributed by atoms with Gasteiger partial charge < -0.3 is 0 Å². The molecule has 2 aromatic heterocycles. The molecule has 4 rings (SSSR count). The van der Waals surface area contributed by atoms with Crippen LogP contribution in [0.5, 0.6) is 0 Å². The topological polar surface area (TPSA) is 41.1 Å². The average Bonchev–Trinajstić information content (AvgIpc) is 2.74. The molecule has 0 aromatic carbocycles. The molecule has 2 aliphatic rings. The van der Waals surface area contributed by atoms with Crippen molar-refractivity contribution in [3.63, 3.8) is 0 Å². The van der Waals surface area contributed by atoms with Gasteiger partial charge in [-0.15, -0.1) is 0 Å². The fourth-order valence-corrected chi connectivity index (χ4v) is 3.39. The molecule has 4 heteroatoms. The zero-order valence-electron chi connectivity index (χ0n) is 13.6. The first-order valence-corrected chi connectivity index (χ1v) is 8.28. The third-order valence-electron chi connectivity index (χ3n) is 4.73. The maximum Gasteiger partial charge on any atom is 0.325 e. The van der Waals surface area contributed by atoms with Gasteiger partial charge in [0, 0.05) is 36.2 Å². The smallest absolute Gasteiger partial charge is 0.264 e. The Bertz CT molecular complexity index is 807. The highest BCUT2D eigenvalue weighted by molar-refractivity contribution is 5.79. The predicted molar refractivity (Wildman–Crippen MR) is 92.4 cm³/mol. The molecule has 23 heavy (non-hydrogen) atoms. The molecular weight excluding hydrogens is 284 g/mol. The van der Waals surface area contributed by atoms with E-state index in [1.807, 2.05) is 24.8 Å². The SMILES string of the molecule is CC1CC=Nc2cc([N+]3=Cc4ccncc4CC3C)ncc2C1. The molecule has 0 radical (unpaired) electrons. The highest BCUT2D eigenvalue weighted by Crippen LogP contribution is 2.30. The summed E-state index contributed by atoms with van der Waals surface area (Å²) in [5.41, 5.74) is 4.86. The van der Waals surface area contributed by atoms with Crippen LogP contribution in [-0.4, -0.2) is 33.0 Å². The Kier molecular flexibility index (Phi) is 3.52. The van der Waals surface area contributed by atoms with Gasteiger partial charge in [-0.1, -0.05) is 6.92 Å². The van der Waals surface area contributed by atoms with E-state index in [0.717, 1.165) is 30.8 Å². The maximum absolute atomic E-state index is 4.72. The number of fused-ring (bicyclic) bond motifs is 2. The summed E-state index contributed by atoms with van der Waals surface area (Å²) in [6.45, 7) is 4.49. The van der Waals surface area contributed by atoms with E-state index in [1.54, 1.807) is 0 Å². The molecule has 2 aromatic rings. The van der Waals surface area contributed by atoms with Gasteiger partial charge in [-0.25, -0.2) is 4.58 Å². The fourth-order valence-electron chi connectivity index (χ4n) is 3.39. The van der Waals surface area contributed by atoms with Crippen molar-refractivity contribution in [3.8, 4) is 0 Å². The van der Waals surface area contributed by atoms with Crippen molar-refractivity contribution in [2.45, 2.75) is 39.2 Å². The summed E-state index contributed by atoms with van der Waals surface area (Å²) < 4.78 is 2.26. The number of rotatable bonds is 1. The molecule has 0 fully saturated rings. The van der Waals surface area contributed by atoms with Gasteiger partial charge in [-0.2, -0.15) is 0 Å². The van der Waals surface area contributed by atoms with Crippen molar-refractivity contribution in [1.82, 2.24) is 9.97 Å². The normalized spacial score (nSPS) is 22.8. The second kappa shape index (κ2) is 5.69. The second-order valence-corrected chi connectivity index (χ2v) is 6.69. The van der Waals surface area contributed by atoms with Gasteiger partial charge in [-0.3, -0.25) is 9.98 Å². The van der Waals surface area contributed by atoms with Gasteiger partial charge in [0.1, 0.15) is 12.2 Å². The molecule has 0 N–H and O–H groups in total. The summed E-state index contributed by atoms with van der Waals surface area (Å²) in [6.07, 6.45) is 13.1. The summed E-state index contributed by atoms with van der Waals surface area (Å²) in [4.78, 5) is 13.6. The summed E-state index contributed by atoms with van der Waals surface area (Å²) in [5.74, 6) is 1.61. The highest BCUT2D eigenvalue weighted by atomic mass is 15.1. The molecule has 2 unspecified atom stereocenters. The van der Waals surface area contributed by atoms with E-state index in [-0.39, 0.29) is 0 Å². The first-order chi connectivity index (χ1) is 11.2. The van der Waals surface area contributed by atoms with Crippen LogP contribution in [0, 0.1) is 5.92 Å². The molecule has 4 heterocycles. The predicted octanol–water partition coefficient (Wildman–Crippen LogP) is 3.47. The van der Waals surface area contributed by atoms with Crippen LogP contribution in [0.3, 0.4) is 0 Å². The molecule has 2 aliphatic heterocycles. The number of aliphatic imine (C=N–C) groups is 1. The van der Waals surface area contributed by atoms with Crippen LogP contribution in [0.4, 0.5) is 11.5 Å². The quantitative estimate of drug-likeness (QED) is 0.757. The van der Waals surface area contributed by atoms with Crippen molar-refractivity contribution >= 4 is 23.9 Å². The molecule has 0 bridgehead atoms. The molecule has 2 atom stereocenters. The Morgan fingerprint density at radius 3 is 2.96 bits per heavy atom.